The van der Waals surface area contributed by atoms with E-state index in [1.165, 1.54) is 6.07 Å². The maximum Gasteiger partial charge on any atom is 0.252 e. The molecule has 0 unspecified atom stereocenters. The van der Waals surface area contributed by atoms with E-state index in [1.807, 2.05) is 37.2 Å². The summed E-state index contributed by atoms with van der Waals surface area (Å²) in [6.07, 6.45) is 1.12. The van der Waals surface area contributed by atoms with Crippen LogP contribution in [0.4, 0.5) is 5.95 Å². The number of aromatic amines is 1. The van der Waals surface area contributed by atoms with Crippen LogP contribution < -0.4 is 19.9 Å². The normalized spacial score (nSPS) is 18.0. The Balaban J connectivity index is 1.43. The lowest BCUT2D eigenvalue weighted by atomic mass is 10.0. The minimum absolute atomic E-state index is 0.0639. The van der Waals surface area contributed by atoms with Gasteiger partial charge in [0.2, 0.25) is 18.6 Å². The van der Waals surface area contributed by atoms with Crippen molar-refractivity contribution in [3.8, 4) is 11.5 Å². The number of carbonyl (C=O) groups is 1. The van der Waals surface area contributed by atoms with Crippen LogP contribution in [0, 0.1) is 0 Å². The Morgan fingerprint density at radius 1 is 1.30 bits per heavy atom. The van der Waals surface area contributed by atoms with E-state index in [4.69, 9.17) is 9.47 Å². The zero-order valence-corrected chi connectivity index (χ0v) is 15.4. The summed E-state index contributed by atoms with van der Waals surface area (Å²) in [7, 11) is 3.66. The molecule has 142 valence electrons. The number of likely N-dealkylation sites (tertiary alicyclic amines) is 1. The van der Waals surface area contributed by atoms with Gasteiger partial charge in [0, 0.05) is 39.2 Å². The highest BCUT2D eigenvalue weighted by molar-refractivity contribution is 5.79. The number of benzene rings is 1. The summed E-state index contributed by atoms with van der Waals surface area (Å²) in [5.41, 5.74) is 1.46. The number of ether oxygens (including phenoxy) is 2. The zero-order chi connectivity index (χ0) is 19.0. The van der Waals surface area contributed by atoms with E-state index < -0.39 is 0 Å². The van der Waals surface area contributed by atoms with Crippen molar-refractivity contribution in [2.45, 2.75) is 18.8 Å². The first kappa shape index (κ1) is 17.4. The maximum absolute atomic E-state index is 12.7. The molecule has 0 radical (unpaired) electrons. The fourth-order valence-corrected chi connectivity index (χ4v) is 3.45. The molecule has 1 N–H and O–H groups in total. The molecule has 1 fully saturated rings. The number of anilines is 1. The van der Waals surface area contributed by atoms with Crippen molar-refractivity contribution in [1.29, 1.82) is 0 Å². The molecule has 0 saturated carbocycles. The molecule has 0 bridgehead atoms. The van der Waals surface area contributed by atoms with Gasteiger partial charge in [0.25, 0.3) is 5.56 Å². The van der Waals surface area contributed by atoms with Crippen molar-refractivity contribution in [3.05, 3.63) is 45.9 Å². The monoisotopic (exact) mass is 370 g/mol. The average molecular weight is 370 g/mol. The summed E-state index contributed by atoms with van der Waals surface area (Å²) >= 11 is 0. The van der Waals surface area contributed by atoms with Crippen LogP contribution >= 0.6 is 0 Å². The predicted molar refractivity (Wildman–Crippen MR) is 99.4 cm³/mol. The van der Waals surface area contributed by atoms with Crippen molar-refractivity contribution in [1.82, 2.24) is 14.9 Å². The number of amides is 1. The van der Waals surface area contributed by atoms with Crippen molar-refractivity contribution in [2.24, 2.45) is 0 Å². The highest BCUT2D eigenvalue weighted by Crippen LogP contribution is 2.33. The second-order valence-electron chi connectivity index (χ2n) is 7.08. The van der Waals surface area contributed by atoms with E-state index in [-0.39, 0.29) is 24.2 Å². The summed E-state index contributed by atoms with van der Waals surface area (Å²) in [5, 5.41) is 0. The number of hydrogen-bond donors (Lipinski definition) is 1. The number of nitrogens with zero attached hydrogens (tertiary/aromatic N) is 3. The highest BCUT2D eigenvalue weighted by Gasteiger charge is 2.29. The number of aromatic nitrogens is 2. The molecule has 1 amide bonds. The Bertz CT molecular complexity index is 924. The number of H-pyrrole nitrogens is 1. The number of carbonyl (C=O) groups excluding carboxylic acids is 1. The van der Waals surface area contributed by atoms with Gasteiger partial charge in [-0.15, -0.1) is 0 Å². The SMILES string of the molecule is CN(C)c1nc([C@H]2CCN(C(=O)Cc3ccc4c(c3)OCO4)C2)cc(=O)[nH]1. The van der Waals surface area contributed by atoms with Gasteiger partial charge in [-0.3, -0.25) is 14.6 Å². The van der Waals surface area contributed by atoms with Crippen molar-refractivity contribution in [2.75, 3.05) is 38.9 Å². The highest BCUT2D eigenvalue weighted by atomic mass is 16.7. The molecule has 1 atom stereocenters. The van der Waals surface area contributed by atoms with Gasteiger partial charge in [-0.1, -0.05) is 6.07 Å². The molecular weight excluding hydrogens is 348 g/mol. The number of nitrogens with one attached hydrogen (secondary N) is 1. The summed E-state index contributed by atoms with van der Waals surface area (Å²) in [6.45, 7) is 1.46. The summed E-state index contributed by atoms with van der Waals surface area (Å²) < 4.78 is 10.7. The molecule has 1 aromatic carbocycles. The minimum atomic E-state index is -0.172. The van der Waals surface area contributed by atoms with Crippen LogP contribution in [-0.2, 0) is 11.2 Å². The summed E-state index contributed by atoms with van der Waals surface area (Å²) in [4.78, 5) is 35.4. The molecule has 8 nitrogen and oxygen atoms in total. The zero-order valence-electron chi connectivity index (χ0n) is 15.4. The standard InChI is InChI=1S/C19H22N4O4/c1-22(2)19-20-14(9-17(24)21-19)13-5-6-23(10-13)18(25)8-12-3-4-15-16(7-12)27-11-26-15/h3-4,7,9,13H,5-6,8,10-11H2,1-2H3,(H,20,21,24)/t13-/m0/s1. The molecular formula is C19H22N4O4. The topological polar surface area (TPSA) is 87.8 Å². The van der Waals surface area contributed by atoms with Crippen LogP contribution in [0.5, 0.6) is 11.5 Å². The van der Waals surface area contributed by atoms with Gasteiger partial charge in [-0.25, -0.2) is 4.98 Å². The molecule has 1 aromatic heterocycles. The fraction of sp³-hybridized carbons (Fsp3) is 0.421. The van der Waals surface area contributed by atoms with Crippen LogP contribution in [0.3, 0.4) is 0 Å². The van der Waals surface area contributed by atoms with E-state index in [1.54, 1.807) is 4.90 Å². The van der Waals surface area contributed by atoms with Gasteiger partial charge < -0.3 is 19.3 Å². The molecule has 8 heteroatoms. The van der Waals surface area contributed by atoms with Gasteiger partial charge in [-0.05, 0) is 24.1 Å². The molecule has 3 heterocycles. The molecule has 0 aliphatic carbocycles. The van der Waals surface area contributed by atoms with E-state index in [9.17, 15) is 9.59 Å². The molecule has 27 heavy (non-hydrogen) atoms. The van der Waals surface area contributed by atoms with Crippen LogP contribution in [0.15, 0.2) is 29.1 Å². The van der Waals surface area contributed by atoms with Gasteiger partial charge in [-0.2, -0.15) is 0 Å². The Hall–Kier alpha value is -3.03. The number of fused-ring (bicyclic) bond motifs is 1. The van der Waals surface area contributed by atoms with Gasteiger partial charge >= 0.3 is 0 Å². The molecule has 2 aromatic rings. The summed E-state index contributed by atoms with van der Waals surface area (Å²) in [6, 6.07) is 7.11. The fourth-order valence-electron chi connectivity index (χ4n) is 3.45. The Morgan fingerprint density at radius 3 is 2.93 bits per heavy atom. The van der Waals surface area contributed by atoms with Gasteiger partial charge in [0.1, 0.15) is 0 Å². The van der Waals surface area contributed by atoms with Crippen molar-refractivity contribution < 1.29 is 14.3 Å². The van der Waals surface area contributed by atoms with Crippen molar-refractivity contribution >= 4 is 11.9 Å². The third-order valence-corrected chi connectivity index (χ3v) is 4.92. The van der Waals surface area contributed by atoms with Crippen molar-refractivity contribution in [3.63, 3.8) is 0 Å². The van der Waals surface area contributed by atoms with E-state index in [0.29, 0.717) is 37.0 Å². The Labute approximate surface area is 156 Å². The Morgan fingerprint density at radius 2 is 2.11 bits per heavy atom. The minimum Gasteiger partial charge on any atom is -0.454 e. The third-order valence-electron chi connectivity index (χ3n) is 4.92. The third kappa shape index (κ3) is 3.60. The molecule has 0 spiro atoms. The lowest BCUT2D eigenvalue weighted by Crippen LogP contribution is -2.30. The molecule has 4 rings (SSSR count). The smallest absolute Gasteiger partial charge is 0.252 e. The van der Waals surface area contributed by atoms with Gasteiger partial charge in [0.15, 0.2) is 11.5 Å². The predicted octanol–water partition coefficient (Wildman–Crippen LogP) is 1.12. The molecule has 2 aliphatic rings. The molecule has 2 aliphatic heterocycles. The van der Waals surface area contributed by atoms with E-state index in [2.05, 4.69) is 9.97 Å². The second kappa shape index (κ2) is 6.94. The number of rotatable bonds is 4. The van der Waals surface area contributed by atoms with Gasteiger partial charge in [0.05, 0.1) is 12.1 Å². The summed E-state index contributed by atoms with van der Waals surface area (Å²) in [5.74, 6) is 2.07. The second-order valence-corrected chi connectivity index (χ2v) is 7.08. The maximum atomic E-state index is 12.7. The van der Waals surface area contributed by atoms with Crippen LogP contribution in [0.25, 0.3) is 0 Å². The first-order chi connectivity index (χ1) is 13.0. The average Bonchev–Trinajstić information content (AvgIpc) is 3.30. The number of hydrogen-bond acceptors (Lipinski definition) is 6. The molecule has 1 saturated heterocycles. The largest absolute Gasteiger partial charge is 0.454 e. The van der Waals surface area contributed by atoms with E-state index >= 15 is 0 Å². The van der Waals surface area contributed by atoms with E-state index in [0.717, 1.165) is 17.7 Å². The van der Waals surface area contributed by atoms with Crippen LogP contribution in [0.2, 0.25) is 0 Å². The lowest BCUT2D eigenvalue weighted by Gasteiger charge is -2.17. The Kier molecular flexibility index (Phi) is 4.47. The van der Waals surface area contributed by atoms with Crippen LogP contribution in [0.1, 0.15) is 23.6 Å². The first-order valence-corrected chi connectivity index (χ1v) is 8.94. The quantitative estimate of drug-likeness (QED) is 0.868. The van der Waals surface area contributed by atoms with Crippen LogP contribution in [-0.4, -0.2) is 54.8 Å². The first-order valence-electron chi connectivity index (χ1n) is 8.94. The lowest BCUT2D eigenvalue weighted by molar-refractivity contribution is -0.129.